The average Bonchev–Trinajstić information content (AvgIpc) is 1.96. The van der Waals surface area contributed by atoms with Crippen molar-refractivity contribution in [1.82, 2.24) is 5.32 Å². The summed E-state index contributed by atoms with van der Waals surface area (Å²) in [4.78, 5) is 22.4. The first-order valence-electron chi connectivity index (χ1n) is 5.75. The molecule has 0 saturated heterocycles. The lowest BCUT2D eigenvalue weighted by Crippen LogP contribution is -2.51. The van der Waals surface area contributed by atoms with Gasteiger partial charge in [0.2, 0.25) is 5.91 Å². The van der Waals surface area contributed by atoms with Crippen LogP contribution in [-0.2, 0) is 9.59 Å². The zero-order valence-corrected chi connectivity index (χ0v) is 10.3. The van der Waals surface area contributed by atoms with Crippen LogP contribution >= 0.6 is 0 Å². The van der Waals surface area contributed by atoms with Gasteiger partial charge >= 0.3 is 5.97 Å². The molecular weight excluding hydrogens is 206 g/mol. The van der Waals surface area contributed by atoms with Gasteiger partial charge in [0.05, 0.1) is 6.42 Å². The van der Waals surface area contributed by atoms with Gasteiger partial charge in [0.15, 0.2) is 0 Å². The molecule has 1 saturated carbocycles. The Morgan fingerprint density at radius 1 is 1.31 bits per heavy atom. The van der Waals surface area contributed by atoms with E-state index in [-0.39, 0.29) is 24.3 Å². The highest BCUT2D eigenvalue weighted by Gasteiger charge is 2.34. The van der Waals surface area contributed by atoms with Crippen molar-refractivity contribution in [3.8, 4) is 0 Å². The van der Waals surface area contributed by atoms with Crippen molar-refractivity contribution in [2.45, 2.75) is 58.4 Å². The molecule has 0 radical (unpaired) electrons. The van der Waals surface area contributed by atoms with Crippen LogP contribution in [0.15, 0.2) is 0 Å². The standard InChI is InChI=1S/C12H21NO3/c1-11(2,8-10(15)16)7-9(14)13-12(3)5-4-6-12/h4-8H2,1-3H3,(H,13,14)(H,15,16). The molecule has 0 spiro atoms. The molecular formula is C12H21NO3. The van der Waals surface area contributed by atoms with Crippen LogP contribution in [0.2, 0.25) is 0 Å². The molecule has 0 aromatic rings. The number of hydrogen-bond donors (Lipinski definition) is 2. The number of aliphatic carboxylic acids is 1. The van der Waals surface area contributed by atoms with Gasteiger partial charge in [-0.15, -0.1) is 0 Å². The van der Waals surface area contributed by atoms with Gasteiger partial charge in [0.1, 0.15) is 0 Å². The molecule has 0 bridgehead atoms. The molecule has 16 heavy (non-hydrogen) atoms. The van der Waals surface area contributed by atoms with Gasteiger partial charge in [-0.25, -0.2) is 0 Å². The average molecular weight is 227 g/mol. The van der Waals surface area contributed by atoms with Crippen molar-refractivity contribution < 1.29 is 14.7 Å². The highest BCUT2D eigenvalue weighted by Crippen LogP contribution is 2.32. The molecule has 92 valence electrons. The Hall–Kier alpha value is -1.06. The van der Waals surface area contributed by atoms with Crippen molar-refractivity contribution in [2.75, 3.05) is 0 Å². The number of carboxylic acids is 1. The molecule has 0 aliphatic heterocycles. The predicted octanol–water partition coefficient (Wildman–Crippen LogP) is 1.94. The number of hydrogen-bond acceptors (Lipinski definition) is 2. The van der Waals surface area contributed by atoms with E-state index in [0.29, 0.717) is 0 Å². The number of amides is 1. The molecule has 1 aliphatic rings. The summed E-state index contributed by atoms with van der Waals surface area (Å²) in [5, 5.41) is 11.7. The summed E-state index contributed by atoms with van der Waals surface area (Å²) >= 11 is 0. The summed E-state index contributed by atoms with van der Waals surface area (Å²) in [5.41, 5.74) is -0.521. The molecule has 1 amide bonds. The number of nitrogens with one attached hydrogen (secondary N) is 1. The third kappa shape index (κ3) is 3.83. The summed E-state index contributed by atoms with van der Waals surface area (Å²) in [5.74, 6) is -0.888. The Balaban J connectivity index is 2.41. The van der Waals surface area contributed by atoms with E-state index in [2.05, 4.69) is 5.32 Å². The molecule has 2 N–H and O–H groups in total. The molecule has 4 nitrogen and oxygen atoms in total. The Morgan fingerprint density at radius 3 is 2.25 bits per heavy atom. The Kier molecular flexibility index (Phi) is 3.61. The van der Waals surface area contributed by atoms with Gasteiger partial charge in [-0.1, -0.05) is 13.8 Å². The van der Waals surface area contributed by atoms with E-state index in [4.69, 9.17) is 5.11 Å². The maximum Gasteiger partial charge on any atom is 0.303 e. The summed E-state index contributed by atoms with van der Waals surface area (Å²) in [7, 11) is 0. The SMILES string of the molecule is CC(C)(CC(=O)O)CC(=O)NC1(C)CCC1. The molecule has 0 aromatic carbocycles. The minimum atomic E-state index is -0.854. The van der Waals surface area contributed by atoms with Crippen LogP contribution in [0, 0.1) is 5.41 Å². The highest BCUT2D eigenvalue weighted by molar-refractivity contribution is 5.78. The first-order chi connectivity index (χ1) is 7.22. The van der Waals surface area contributed by atoms with E-state index in [1.165, 1.54) is 0 Å². The van der Waals surface area contributed by atoms with Crippen molar-refractivity contribution in [3.05, 3.63) is 0 Å². The quantitative estimate of drug-likeness (QED) is 0.754. The maximum absolute atomic E-state index is 11.7. The Bertz CT molecular complexity index is 293. The Labute approximate surface area is 96.4 Å². The van der Waals surface area contributed by atoms with Crippen LogP contribution in [-0.4, -0.2) is 22.5 Å². The minimum absolute atomic E-state index is 0.0249. The zero-order chi connectivity index (χ0) is 12.4. The molecule has 0 atom stereocenters. The fourth-order valence-corrected chi connectivity index (χ4v) is 2.12. The number of carbonyl (C=O) groups is 2. The third-order valence-corrected chi connectivity index (χ3v) is 3.17. The summed E-state index contributed by atoms with van der Waals surface area (Å²) in [6.45, 7) is 5.66. The van der Waals surface area contributed by atoms with E-state index in [1.807, 2.05) is 20.8 Å². The van der Waals surface area contributed by atoms with Crippen LogP contribution in [0.4, 0.5) is 0 Å². The third-order valence-electron chi connectivity index (χ3n) is 3.17. The van der Waals surface area contributed by atoms with Crippen LogP contribution in [0.25, 0.3) is 0 Å². The maximum atomic E-state index is 11.7. The van der Waals surface area contributed by atoms with E-state index < -0.39 is 11.4 Å². The molecule has 1 fully saturated rings. The lowest BCUT2D eigenvalue weighted by Gasteiger charge is -2.39. The second kappa shape index (κ2) is 4.44. The van der Waals surface area contributed by atoms with Crippen LogP contribution in [0.1, 0.15) is 52.9 Å². The second-order valence-electron chi connectivity index (χ2n) is 5.87. The molecule has 0 aromatic heterocycles. The molecule has 1 rings (SSSR count). The van der Waals surface area contributed by atoms with Gasteiger partial charge in [-0.2, -0.15) is 0 Å². The van der Waals surface area contributed by atoms with Gasteiger partial charge in [-0.05, 0) is 31.6 Å². The van der Waals surface area contributed by atoms with Crippen molar-refractivity contribution >= 4 is 11.9 Å². The zero-order valence-electron chi connectivity index (χ0n) is 10.3. The smallest absolute Gasteiger partial charge is 0.303 e. The first kappa shape index (κ1) is 13.0. The van der Waals surface area contributed by atoms with Crippen molar-refractivity contribution in [1.29, 1.82) is 0 Å². The summed E-state index contributed by atoms with van der Waals surface area (Å²) < 4.78 is 0. The van der Waals surface area contributed by atoms with Crippen molar-refractivity contribution in [2.24, 2.45) is 5.41 Å². The second-order valence-corrected chi connectivity index (χ2v) is 5.87. The van der Waals surface area contributed by atoms with E-state index >= 15 is 0 Å². The van der Waals surface area contributed by atoms with Gasteiger partial charge in [-0.3, -0.25) is 9.59 Å². The van der Waals surface area contributed by atoms with Crippen LogP contribution < -0.4 is 5.32 Å². The molecule has 4 heteroatoms. The summed E-state index contributed by atoms with van der Waals surface area (Å²) in [6, 6.07) is 0. The first-order valence-corrected chi connectivity index (χ1v) is 5.75. The van der Waals surface area contributed by atoms with E-state index in [0.717, 1.165) is 19.3 Å². The number of rotatable bonds is 5. The fraction of sp³-hybridized carbons (Fsp3) is 0.833. The molecule has 1 aliphatic carbocycles. The van der Waals surface area contributed by atoms with Crippen molar-refractivity contribution in [3.63, 3.8) is 0 Å². The van der Waals surface area contributed by atoms with Gasteiger partial charge < -0.3 is 10.4 Å². The topological polar surface area (TPSA) is 66.4 Å². The normalized spacial score (nSPS) is 18.7. The van der Waals surface area contributed by atoms with Crippen LogP contribution in [0.5, 0.6) is 0 Å². The molecule has 0 heterocycles. The highest BCUT2D eigenvalue weighted by atomic mass is 16.4. The Morgan fingerprint density at radius 2 is 1.88 bits per heavy atom. The van der Waals surface area contributed by atoms with Crippen LogP contribution in [0.3, 0.4) is 0 Å². The van der Waals surface area contributed by atoms with Gasteiger partial charge in [0.25, 0.3) is 0 Å². The van der Waals surface area contributed by atoms with E-state index in [1.54, 1.807) is 0 Å². The minimum Gasteiger partial charge on any atom is -0.481 e. The lowest BCUT2D eigenvalue weighted by atomic mass is 9.78. The largest absolute Gasteiger partial charge is 0.481 e. The van der Waals surface area contributed by atoms with E-state index in [9.17, 15) is 9.59 Å². The predicted molar refractivity (Wildman–Crippen MR) is 61.0 cm³/mol. The van der Waals surface area contributed by atoms with Gasteiger partial charge in [0, 0.05) is 12.0 Å². The molecule has 0 unspecified atom stereocenters. The lowest BCUT2D eigenvalue weighted by molar-refractivity contribution is -0.139. The fourth-order valence-electron chi connectivity index (χ4n) is 2.12. The number of carboxylic acid groups (broad SMARTS) is 1. The monoisotopic (exact) mass is 227 g/mol. The summed E-state index contributed by atoms with van der Waals surface area (Å²) in [6.07, 6.45) is 3.51. The number of carbonyl (C=O) groups excluding carboxylic acids is 1.